The quantitative estimate of drug-likeness (QED) is 0.764. The molecule has 0 bridgehead atoms. The first-order valence-electron chi connectivity index (χ1n) is 7.51. The number of carbonyl (C=O) groups is 1. The summed E-state index contributed by atoms with van der Waals surface area (Å²) >= 11 is 1.76. The molecule has 0 aliphatic rings. The van der Waals surface area contributed by atoms with Crippen LogP contribution in [0.4, 0.5) is 5.69 Å². The standard InChI is InChI=1S/C16H22N4OS/c1-4-22-10-9-14(21)17-13-8-6-5-7-12(13)16-18-15(11(2)3)19-20-16/h5-8,11H,4,9-10H2,1-3H3,(H,17,21)(H,18,19,20). The number of carbonyl (C=O) groups excluding carboxylic acids is 1. The molecule has 0 fully saturated rings. The van der Waals surface area contributed by atoms with Crippen LogP contribution in [0.1, 0.15) is 38.9 Å². The SMILES string of the molecule is CCSCCC(=O)Nc1ccccc1-c1n[nH]c(C(C)C)n1. The van der Waals surface area contributed by atoms with E-state index in [2.05, 4.69) is 41.3 Å². The van der Waals surface area contributed by atoms with E-state index in [0.717, 1.165) is 28.6 Å². The molecule has 0 unspecified atom stereocenters. The molecule has 5 nitrogen and oxygen atoms in total. The first-order chi connectivity index (χ1) is 10.6. The van der Waals surface area contributed by atoms with Crippen LogP contribution in [0.15, 0.2) is 24.3 Å². The van der Waals surface area contributed by atoms with Gasteiger partial charge in [0.1, 0.15) is 5.82 Å². The van der Waals surface area contributed by atoms with Crippen molar-refractivity contribution in [3.8, 4) is 11.4 Å². The molecule has 0 spiro atoms. The number of hydrogen-bond donors (Lipinski definition) is 2. The van der Waals surface area contributed by atoms with Gasteiger partial charge in [0.25, 0.3) is 0 Å². The van der Waals surface area contributed by atoms with Gasteiger partial charge < -0.3 is 5.32 Å². The lowest BCUT2D eigenvalue weighted by molar-refractivity contribution is -0.115. The van der Waals surface area contributed by atoms with Crippen LogP contribution in [0.2, 0.25) is 0 Å². The van der Waals surface area contributed by atoms with E-state index in [0.29, 0.717) is 12.2 Å². The number of benzene rings is 1. The second-order valence-electron chi connectivity index (χ2n) is 5.24. The summed E-state index contributed by atoms with van der Waals surface area (Å²) in [6, 6.07) is 7.62. The first kappa shape index (κ1) is 16.5. The summed E-state index contributed by atoms with van der Waals surface area (Å²) in [5.74, 6) is 3.63. The number of rotatable bonds is 7. The van der Waals surface area contributed by atoms with E-state index in [1.165, 1.54) is 0 Å². The number of aromatic amines is 1. The number of nitrogens with zero attached hydrogens (tertiary/aromatic N) is 2. The molecular weight excluding hydrogens is 296 g/mol. The van der Waals surface area contributed by atoms with Gasteiger partial charge in [0.15, 0.2) is 5.82 Å². The minimum absolute atomic E-state index is 0.0213. The highest BCUT2D eigenvalue weighted by Gasteiger charge is 2.13. The van der Waals surface area contributed by atoms with Crippen molar-refractivity contribution in [1.82, 2.24) is 15.2 Å². The van der Waals surface area contributed by atoms with Crippen molar-refractivity contribution in [2.24, 2.45) is 0 Å². The van der Waals surface area contributed by atoms with Crippen LogP contribution < -0.4 is 5.32 Å². The fourth-order valence-corrected chi connectivity index (χ4v) is 2.58. The monoisotopic (exact) mass is 318 g/mol. The van der Waals surface area contributed by atoms with Gasteiger partial charge in [-0.2, -0.15) is 16.9 Å². The molecule has 2 rings (SSSR count). The summed E-state index contributed by atoms with van der Waals surface area (Å²) in [5.41, 5.74) is 1.59. The lowest BCUT2D eigenvalue weighted by Crippen LogP contribution is -2.13. The summed E-state index contributed by atoms with van der Waals surface area (Å²) in [6.07, 6.45) is 0.512. The van der Waals surface area contributed by atoms with E-state index < -0.39 is 0 Å². The Bertz CT molecular complexity index is 624. The lowest BCUT2D eigenvalue weighted by Gasteiger charge is -2.08. The molecule has 0 saturated heterocycles. The number of para-hydroxylation sites is 1. The van der Waals surface area contributed by atoms with Crippen molar-refractivity contribution in [1.29, 1.82) is 0 Å². The van der Waals surface area contributed by atoms with Crippen molar-refractivity contribution >= 4 is 23.4 Å². The Morgan fingerprint density at radius 2 is 2.14 bits per heavy atom. The van der Waals surface area contributed by atoms with E-state index in [-0.39, 0.29) is 11.8 Å². The predicted molar refractivity (Wildman–Crippen MR) is 92.2 cm³/mol. The molecular formula is C16H22N4OS. The molecule has 6 heteroatoms. The van der Waals surface area contributed by atoms with Crippen LogP contribution in [0.25, 0.3) is 11.4 Å². The first-order valence-corrected chi connectivity index (χ1v) is 8.66. The van der Waals surface area contributed by atoms with Gasteiger partial charge in [-0.3, -0.25) is 9.89 Å². The van der Waals surface area contributed by atoms with Gasteiger partial charge in [-0.1, -0.05) is 32.9 Å². The zero-order valence-electron chi connectivity index (χ0n) is 13.2. The second-order valence-corrected chi connectivity index (χ2v) is 6.63. The maximum absolute atomic E-state index is 12.0. The average Bonchev–Trinajstić information content (AvgIpc) is 2.98. The van der Waals surface area contributed by atoms with Crippen molar-refractivity contribution in [3.05, 3.63) is 30.1 Å². The second kappa shape index (κ2) is 7.98. The van der Waals surface area contributed by atoms with E-state index in [4.69, 9.17) is 0 Å². The predicted octanol–water partition coefficient (Wildman–Crippen LogP) is 3.68. The highest BCUT2D eigenvalue weighted by atomic mass is 32.2. The molecule has 0 radical (unpaired) electrons. The highest BCUT2D eigenvalue weighted by molar-refractivity contribution is 7.99. The van der Waals surface area contributed by atoms with Crippen molar-refractivity contribution < 1.29 is 4.79 Å². The summed E-state index contributed by atoms with van der Waals surface area (Å²) in [4.78, 5) is 16.5. The number of amides is 1. The normalized spacial score (nSPS) is 10.9. The topological polar surface area (TPSA) is 70.7 Å². The molecule has 1 heterocycles. The molecule has 0 aliphatic heterocycles. The molecule has 118 valence electrons. The number of H-pyrrole nitrogens is 1. The van der Waals surface area contributed by atoms with Gasteiger partial charge in [0, 0.05) is 23.7 Å². The van der Waals surface area contributed by atoms with Gasteiger partial charge in [-0.05, 0) is 17.9 Å². The minimum atomic E-state index is 0.0213. The fraction of sp³-hybridized carbons (Fsp3) is 0.438. The molecule has 0 aliphatic carbocycles. The smallest absolute Gasteiger partial charge is 0.225 e. The molecule has 2 aromatic rings. The molecule has 22 heavy (non-hydrogen) atoms. The van der Waals surface area contributed by atoms with Crippen LogP contribution in [0.3, 0.4) is 0 Å². The zero-order chi connectivity index (χ0) is 15.9. The van der Waals surface area contributed by atoms with E-state index >= 15 is 0 Å². The van der Waals surface area contributed by atoms with E-state index in [1.54, 1.807) is 11.8 Å². The third-order valence-corrected chi connectivity index (χ3v) is 4.07. The summed E-state index contributed by atoms with van der Waals surface area (Å²) in [5, 5.41) is 10.2. The minimum Gasteiger partial charge on any atom is -0.325 e. The zero-order valence-corrected chi connectivity index (χ0v) is 14.0. The maximum Gasteiger partial charge on any atom is 0.225 e. The van der Waals surface area contributed by atoms with Crippen LogP contribution in [0, 0.1) is 0 Å². The fourth-order valence-electron chi connectivity index (χ4n) is 1.96. The third-order valence-electron chi connectivity index (χ3n) is 3.17. The molecule has 1 aromatic carbocycles. The Morgan fingerprint density at radius 3 is 2.82 bits per heavy atom. The van der Waals surface area contributed by atoms with Crippen molar-refractivity contribution in [2.75, 3.05) is 16.8 Å². The number of aromatic nitrogens is 3. The Labute approximate surface area is 135 Å². The largest absolute Gasteiger partial charge is 0.325 e. The number of thioether (sulfide) groups is 1. The molecule has 0 saturated carbocycles. The van der Waals surface area contributed by atoms with Crippen molar-refractivity contribution in [2.45, 2.75) is 33.1 Å². The Kier molecular flexibility index (Phi) is 6.00. The molecule has 0 atom stereocenters. The summed E-state index contributed by atoms with van der Waals surface area (Å²) in [7, 11) is 0. The average molecular weight is 318 g/mol. The van der Waals surface area contributed by atoms with Crippen LogP contribution in [-0.4, -0.2) is 32.6 Å². The Hall–Kier alpha value is -1.82. The van der Waals surface area contributed by atoms with E-state index in [1.807, 2.05) is 24.3 Å². The van der Waals surface area contributed by atoms with Crippen LogP contribution >= 0.6 is 11.8 Å². The molecule has 2 N–H and O–H groups in total. The van der Waals surface area contributed by atoms with E-state index in [9.17, 15) is 4.79 Å². The number of anilines is 1. The van der Waals surface area contributed by atoms with Crippen molar-refractivity contribution in [3.63, 3.8) is 0 Å². The lowest BCUT2D eigenvalue weighted by atomic mass is 10.1. The van der Waals surface area contributed by atoms with Crippen LogP contribution in [-0.2, 0) is 4.79 Å². The van der Waals surface area contributed by atoms with Gasteiger partial charge in [-0.25, -0.2) is 4.98 Å². The molecule has 1 aromatic heterocycles. The van der Waals surface area contributed by atoms with Gasteiger partial charge >= 0.3 is 0 Å². The number of hydrogen-bond acceptors (Lipinski definition) is 4. The summed E-state index contributed by atoms with van der Waals surface area (Å²) in [6.45, 7) is 6.21. The van der Waals surface area contributed by atoms with Crippen LogP contribution in [0.5, 0.6) is 0 Å². The maximum atomic E-state index is 12.0. The van der Waals surface area contributed by atoms with Gasteiger partial charge in [-0.15, -0.1) is 0 Å². The third kappa shape index (κ3) is 4.34. The Balaban J connectivity index is 2.14. The number of nitrogens with one attached hydrogen (secondary N) is 2. The molecule has 1 amide bonds. The highest BCUT2D eigenvalue weighted by Crippen LogP contribution is 2.26. The summed E-state index contributed by atoms with van der Waals surface area (Å²) < 4.78 is 0. The Morgan fingerprint density at radius 1 is 1.36 bits per heavy atom. The van der Waals surface area contributed by atoms with Gasteiger partial charge in [0.05, 0.1) is 5.69 Å². The van der Waals surface area contributed by atoms with Gasteiger partial charge in [0.2, 0.25) is 5.91 Å².